The summed E-state index contributed by atoms with van der Waals surface area (Å²) in [6, 6.07) is 9.44. The van der Waals surface area contributed by atoms with Gasteiger partial charge in [0, 0.05) is 38.6 Å². The van der Waals surface area contributed by atoms with Crippen molar-refractivity contribution in [3.8, 4) is 0 Å². The number of likely N-dealkylation sites (tertiary alicyclic amines) is 1. The van der Waals surface area contributed by atoms with Gasteiger partial charge < -0.3 is 15.1 Å². The van der Waals surface area contributed by atoms with Crippen LogP contribution in [0.3, 0.4) is 0 Å². The Labute approximate surface area is 168 Å². The SMILES string of the molecule is CC(C)CC(=O)NC(C(=O)N1CC(N2CCCN(C)CC2)C1)c1ccccc1. The van der Waals surface area contributed by atoms with Crippen molar-refractivity contribution in [3.63, 3.8) is 0 Å². The largest absolute Gasteiger partial charge is 0.341 e. The molecule has 2 aliphatic heterocycles. The molecule has 1 unspecified atom stereocenters. The van der Waals surface area contributed by atoms with E-state index in [4.69, 9.17) is 0 Å². The second-order valence-electron chi connectivity index (χ2n) is 8.60. The Bertz CT molecular complexity index is 658. The van der Waals surface area contributed by atoms with Crippen LogP contribution in [0, 0.1) is 5.92 Å². The van der Waals surface area contributed by atoms with Crippen LogP contribution in [0.2, 0.25) is 0 Å². The monoisotopic (exact) mass is 386 g/mol. The van der Waals surface area contributed by atoms with E-state index in [1.807, 2.05) is 49.1 Å². The third-order valence-corrected chi connectivity index (χ3v) is 5.72. The van der Waals surface area contributed by atoms with Gasteiger partial charge in [-0.2, -0.15) is 0 Å². The predicted molar refractivity (Wildman–Crippen MR) is 111 cm³/mol. The first-order valence-electron chi connectivity index (χ1n) is 10.5. The zero-order chi connectivity index (χ0) is 20.1. The highest BCUT2D eigenvalue weighted by Crippen LogP contribution is 2.23. The Morgan fingerprint density at radius 2 is 1.79 bits per heavy atom. The van der Waals surface area contributed by atoms with Crippen LogP contribution in [-0.4, -0.2) is 78.9 Å². The number of likely N-dealkylation sites (N-methyl/N-ethyl adjacent to an activating group) is 1. The van der Waals surface area contributed by atoms with Gasteiger partial charge >= 0.3 is 0 Å². The summed E-state index contributed by atoms with van der Waals surface area (Å²) in [5, 5.41) is 2.97. The van der Waals surface area contributed by atoms with Crippen LogP contribution >= 0.6 is 0 Å². The molecule has 6 nitrogen and oxygen atoms in total. The molecule has 3 rings (SSSR count). The lowest BCUT2D eigenvalue weighted by atomic mass is 10.00. The highest BCUT2D eigenvalue weighted by Gasteiger charge is 2.38. The summed E-state index contributed by atoms with van der Waals surface area (Å²) in [5.74, 6) is 0.206. The molecule has 0 bridgehead atoms. The summed E-state index contributed by atoms with van der Waals surface area (Å²) in [6.07, 6.45) is 1.61. The van der Waals surface area contributed by atoms with Gasteiger partial charge in [0.15, 0.2) is 0 Å². The van der Waals surface area contributed by atoms with Gasteiger partial charge in [0.2, 0.25) is 11.8 Å². The number of benzene rings is 1. The molecule has 2 fully saturated rings. The molecule has 6 heteroatoms. The fraction of sp³-hybridized carbons (Fsp3) is 0.636. The van der Waals surface area contributed by atoms with Crippen LogP contribution in [-0.2, 0) is 9.59 Å². The van der Waals surface area contributed by atoms with Crippen LogP contribution < -0.4 is 5.32 Å². The Balaban J connectivity index is 1.61. The van der Waals surface area contributed by atoms with Crippen molar-refractivity contribution >= 4 is 11.8 Å². The second-order valence-corrected chi connectivity index (χ2v) is 8.60. The first-order valence-corrected chi connectivity index (χ1v) is 10.5. The number of nitrogens with one attached hydrogen (secondary N) is 1. The molecule has 28 heavy (non-hydrogen) atoms. The maximum absolute atomic E-state index is 13.2. The van der Waals surface area contributed by atoms with Gasteiger partial charge in [-0.3, -0.25) is 14.5 Å². The van der Waals surface area contributed by atoms with Crippen molar-refractivity contribution in [1.29, 1.82) is 0 Å². The number of hydrogen-bond donors (Lipinski definition) is 1. The zero-order valence-corrected chi connectivity index (χ0v) is 17.4. The van der Waals surface area contributed by atoms with Gasteiger partial charge in [-0.15, -0.1) is 0 Å². The molecule has 2 heterocycles. The van der Waals surface area contributed by atoms with Crippen molar-refractivity contribution in [2.75, 3.05) is 46.3 Å². The molecule has 0 aromatic heterocycles. The second kappa shape index (κ2) is 9.52. The predicted octanol–water partition coefficient (Wildman–Crippen LogP) is 1.74. The van der Waals surface area contributed by atoms with Gasteiger partial charge in [-0.25, -0.2) is 0 Å². The molecule has 1 atom stereocenters. The van der Waals surface area contributed by atoms with E-state index in [0.717, 1.165) is 44.8 Å². The smallest absolute Gasteiger partial charge is 0.249 e. The van der Waals surface area contributed by atoms with Crippen LogP contribution in [0.25, 0.3) is 0 Å². The van der Waals surface area contributed by atoms with Crippen molar-refractivity contribution in [2.24, 2.45) is 5.92 Å². The molecule has 154 valence electrons. The summed E-state index contributed by atoms with van der Waals surface area (Å²) in [5.41, 5.74) is 0.851. The van der Waals surface area contributed by atoms with E-state index in [-0.39, 0.29) is 17.7 Å². The normalized spacial score (nSPS) is 20.5. The van der Waals surface area contributed by atoms with Crippen LogP contribution in [0.5, 0.6) is 0 Å². The fourth-order valence-corrected chi connectivity index (χ4v) is 4.00. The van der Waals surface area contributed by atoms with Gasteiger partial charge in [0.25, 0.3) is 0 Å². The van der Waals surface area contributed by atoms with Crippen molar-refractivity contribution in [2.45, 2.75) is 38.8 Å². The number of amides is 2. The molecule has 0 radical (unpaired) electrons. The number of carbonyl (C=O) groups is 2. The Hall–Kier alpha value is -1.92. The standard InChI is InChI=1S/C22H34N4O2/c1-17(2)14-20(27)23-21(18-8-5-4-6-9-18)22(28)26-15-19(16-26)25-11-7-10-24(3)12-13-25/h4-6,8-9,17,19,21H,7,10-16H2,1-3H3,(H,23,27). The summed E-state index contributed by atoms with van der Waals surface area (Å²) in [6.45, 7) is 9.93. The van der Waals surface area contributed by atoms with Gasteiger partial charge in [-0.1, -0.05) is 44.2 Å². The maximum Gasteiger partial charge on any atom is 0.249 e. The Kier molecular flexibility index (Phi) is 7.08. The number of carbonyl (C=O) groups excluding carboxylic acids is 2. The maximum atomic E-state index is 13.2. The van der Waals surface area contributed by atoms with Gasteiger partial charge in [-0.05, 0) is 38.0 Å². The van der Waals surface area contributed by atoms with Gasteiger partial charge in [0.1, 0.15) is 6.04 Å². The summed E-state index contributed by atoms with van der Waals surface area (Å²) in [4.78, 5) is 32.3. The fourth-order valence-electron chi connectivity index (χ4n) is 4.00. The molecule has 2 amide bonds. The van der Waals surface area contributed by atoms with E-state index in [9.17, 15) is 9.59 Å². The molecule has 2 saturated heterocycles. The average molecular weight is 387 g/mol. The lowest BCUT2D eigenvalue weighted by molar-refractivity contribution is -0.143. The van der Waals surface area contributed by atoms with Gasteiger partial charge in [0.05, 0.1) is 0 Å². The van der Waals surface area contributed by atoms with Crippen molar-refractivity contribution in [3.05, 3.63) is 35.9 Å². The van der Waals surface area contributed by atoms with Crippen LogP contribution in [0.4, 0.5) is 0 Å². The topological polar surface area (TPSA) is 55.9 Å². The molecule has 1 N–H and O–H groups in total. The highest BCUT2D eigenvalue weighted by atomic mass is 16.2. The van der Waals surface area contributed by atoms with E-state index < -0.39 is 6.04 Å². The number of hydrogen-bond acceptors (Lipinski definition) is 4. The molecule has 0 spiro atoms. The van der Waals surface area contributed by atoms with Crippen LogP contribution in [0.1, 0.15) is 38.3 Å². The molecular formula is C22H34N4O2. The molecule has 2 aliphatic rings. The van der Waals surface area contributed by atoms with Crippen molar-refractivity contribution < 1.29 is 9.59 Å². The Morgan fingerprint density at radius 3 is 2.46 bits per heavy atom. The molecule has 0 aliphatic carbocycles. The van der Waals surface area contributed by atoms with E-state index in [0.29, 0.717) is 12.5 Å². The number of rotatable bonds is 6. The minimum atomic E-state index is -0.594. The molecule has 1 aromatic carbocycles. The van der Waals surface area contributed by atoms with E-state index in [2.05, 4.69) is 22.2 Å². The minimum absolute atomic E-state index is 0.00601. The molecule has 1 aromatic rings. The quantitative estimate of drug-likeness (QED) is 0.809. The summed E-state index contributed by atoms with van der Waals surface area (Å²) >= 11 is 0. The first kappa shape index (κ1) is 20.8. The van der Waals surface area contributed by atoms with Crippen LogP contribution in [0.15, 0.2) is 30.3 Å². The van der Waals surface area contributed by atoms with Crippen molar-refractivity contribution in [1.82, 2.24) is 20.0 Å². The average Bonchev–Trinajstić information content (AvgIpc) is 2.83. The Morgan fingerprint density at radius 1 is 1.07 bits per heavy atom. The zero-order valence-electron chi connectivity index (χ0n) is 17.4. The lowest BCUT2D eigenvalue weighted by Gasteiger charge is -2.46. The molecular weight excluding hydrogens is 352 g/mol. The lowest BCUT2D eigenvalue weighted by Crippen LogP contribution is -2.63. The minimum Gasteiger partial charge on any atom is -0.341 e. The number of nitrogens with zero attached hydrogens (tertiary/aromatic N) is 3. The molecule has 0 saturated carbocycles. The van der Waals surface area contributed by atoms with E-state index in [1.54, 1.807) is 0 Å². The first-order chi connectivity index (χ1) is 13.4. The van der Waals surface area contributed by atoms with E-state index in [1.165, 1.54) is 6.42 Å². The summed E-state index contributed by atoms with van der Waals surface area (Å²) < 4.78 is 0. The summed E-state index contributed by atoms with van der Waals surface area (Å²) in [7, 11) is 2.17. The van der Waals surface area contributed by atoms with E-state index >= 15 is 0 Å². The highest BCUT2D eigenvalue weighted by molar-refractivity contribution is 5.89. The third-order valence-electron chi connectivity index (χ3n) is 5.72. The third kappa shape index (κ3) is 5.32.